The van der Waals surface area contributed by atoms with Crippen LogP contribution in [0.25, 0.3) is 0 Å². The van der Waals surface area contributed by atoms with Crippen molar-refractivity contribution >= 4 is 22.0 Å². The lowest BCUT2D eigenvalue weighted by Crippen LogP contribution is -2.36. The number of nitrogens with zero attached hydrogens (tertiary/aromatic N) is 1. The zero-order valence-electron chi connectivity index (χ0n) is 5.42. The van der Waals surface area contributed by atoms with Gasteiger partial charge in [0.2, 0.25) is 0 Å². The number of alkyl halides is 1. The first-order valence-electron chi connectivity index (χ1n) is 3.37. The number of ether oxygens (including phenoxy) is 1. The Labute approximate surface area is 67.5 Å². The number of carbonyl (C=O) groups excluding carboxylic acids is 1. The molecular weight excluding hydrogens is 198 g/mol. The third-order valence-electron chi connectivity index (χ3n) is 1.99. The number of hydrogen-bond acceptors (Lipinski definition) is 2. The maximum absolute atomic E-state index is 10.9. The zero-order chi connectivity index (χ0) is 7.14. The average Bonchev–Trinajstić information content (AvgIpc) is 2.21. The second-order valence-electron chi connectivity index (χ2n) is 2.67. The van der Waals surface area contributed by atoms with Crippen LogP contribution in [0.3, 0.4) is 0 Å². The van der Waals surface area contributed by atoms with Crippen molar-refractivity contribution in [1.82, 2.24) is 4.90 Å². The molecule has 0 N–H and O–H groups in total. The lowest BCUT2D eigenvalue weighted by atomic mass is 10.1. The Balaban J connectivity index is 2.15. The highest BCUT2D eigenvalue weighted by atomic mass is 79.9. The monoisotopic (exact) mass is 205 g/mol. The largest absolute Gasteiger partial charge is 0.443 e. The minimum atomic E-state index is -0.146. The van der Waals surface area contributed by atoms with Gasteiger partial charge in [-0.1, -0.05) is 15.9 Å². The molecule has 2 unspecified atom stereocenters. The third-order valence-corrected chi connectivity index (χ3v) is 3.04. The Morgan fingerprint density at radius 3 is 3.20 bits per heavy atom. The summed E-state index contributed by atoms with van der Waals surface area (Å²) in [6.45, 7) is 1.61. The molecule has 2 atom stereocenters. The van der Waals surface area contributed by atoms with Crippen molar-refractivity contribution in [2.24, 2.45) is 0 Å². The standard InChI is InChI=1S/C6H8BrNO2/c7-4-1-2-8-3-5(4)10-6(8)9/h4-5H,1-3H2. The Morgan fingerprint density at radius 2 is 2.50 bits per heavy atom. The fraction of sp³-hybridized carbons (Fsp3) is 0.833. The first-order chi connectivity index (χ1) is 4.77. The summed E-state index contributed by atoms with van der Waals surface area (Å²) in [6.07, 6.45) is 0.962. The molecule has 0 aromatic rings. The first-order valence-corrected chi connectivity index (χ1v) is 4.28. The van der Waals surface area contributed by atoms with E-state index in [9.17, 15) is 4.79 Å². The Kier molecular flexibility index (Phi) is 1.37. The van der Waals surface area contributed by atoms with E-state index in [1.54, 1.807) is 4.90 Å². The van der Waals surface area contributed by atoms with Gasteiger partial charge in [-0.2, -0.15) is 0 Å². The fourth-order valence-corrected chi connectivity index (χ4v) is 1.85. The molecular formula is C6H8BrNO2. The molecule has 0 aromatic heterocycles. The molecule has 10 heavy (non-hydrogen) atoms. The molecule has 3 nitrogen and oxygen atoms in total. The van der Waals surface area contributed by atoms with Gasteiger partial charge in [0, 0.05) is 6.54 Å². The zero-order valence-corrected chi connectivity index (χ0v) is 7.00. The van der Waals surface area contributed by atoms with E-state index in [1.807, 2.05) is 0 Å². The van der Waals surface area contributed by atoms with Crippen LogP contribution in [0.15, 0.2) is 0 Å². The fourth-order valence-electron chi connectivity index (χ4n) is 1.37. The minimum absolute atomic E-state index is 0.0984. The predicted octanol–water partition coefficient (Wildman–Crippen LogP) is 0.974. The molecule has 2 rings (SSSR count). The number of carbonyl (C=O) groups is 1. The van der Waals surface area contributed by atoms with Crippen molar-refractivity contribution in [2.45, 2.75) is 17.4 Å². The molecule has 4 heteroatoms. The van der Waals surface area contributed by atoms with Gasteiger partial charge in [0.15, 0.2) is 0 Å². The molecule has 2 bridgehead atoms. The molecule has 2 heterocycles. The van der Waals surface area contributed by atoms with Gasteiger partial charge in [-0.15, -0.1) is 0 Å². The van der Waals surface area contributed by atoms with E-state index < -0.39 is 0 Å². The normalized spacial score (nSPS) is 38.1. The maximum Gasteiger partial charge on any atom is 0.410 e. The second kappa shape index (κ2) is 2.12. The number of rotatable bonds is 0. The summed E-state index contributed by atoms with van der Waals surface area (Å²) in [4.78, 5) is 13.0. The maximum atomic E-state index is 10.9. The Morgan fingerprint density at radius 1 is 1.70 bits per heavy atom. The van der Waals surface area contributed by atoms with Gasteiger partial charge < -0.3 is 9.64 Å². The molecule has 1 amide bonds. The number of fused-ring (bicyclic) bond motifs is 2. The van der Waals surface area contributed by atoms with Crippen molar-refractivity contribution in [1.29, 1.82) is 0 Å². The van der Waals surface area contributed by atoms with Gasteiger partial charge in [0.1, 0.15) is 6.10 Å². The molecule has 2 saturated heterocycles. The Bertz CT molecular complexity index is 173. The minimum Gasteiger partial charge on any atom is -0.443 e. The summed E-state index contributed by atoms with van der Waals surface area (Å²) in [5.74, 6) is 0. The van der Waals surface area contributed by atoms with Crippen LogP contribution in [-0.2, 0) is 4.74 Å². The quantitative estimate of drug-likeness (QED) is 0.552. The van der Waals surface area contributed by atoms with Gasteiger partial charge in [-0.3, -0.25) is 0 Å². The number of halogens is 1. The van der Waals surface area contributed by atoms with Crippen molar-refractivity contribution in [2.75, 3.05) is 13.1 Å². The third kappa shape index (κ3) is 0.820. The first kappa shape index (κ1) is 6.46. The van der Waals surface area contributed by atoms with Gasteiger partial charge in [0.25, 0.3) is 0 Å². The van der Waals surface area contributed by atoms with Gasteiger partial charge in [-0.05, 0) is 6.42 Å². The average molecular weight is 206 g/mol. The number of hydrogen-bond donors (Lipinski definition) is 0. The van der Waals surface area contributed by atoms with Gasteiger partial charge >= 0.3 is 6.09 Å². The van der Waals surface area contributed by atoms with Crippen LogP contribution < -0.4 is 0 Å². The van der Waals surface area contributed by atoms with E-state index in [0.717, 1.165) is 19.5 Å². The molecule has 2 fully saturated rings. The molecule has 56 valence electrons. The van der Waals surface area contributed by atoms with E-state index in [2.05, 4.69) is 15.9 Å². The molecule has 0 spiro atoms. The van der Waals surface area contributed by atoms with Crippen molar-refractivity contribution in [3.05, 3.63) is 0 Å². The number of piperidine rings is 1. The lowest BCUT2D eigenvalue weighted by Gasteiger charge is -2.22. The highest BCUT2D eigenvalue weighted by molar-refractivity contribution is 9.09. The van der Waals surface area contributed by atoms with Crippen molar-refractivity contribution < 1.29 is 9.53 Å². The van der Waals surface area contributed by atoms with E-state index in [0.29, 0.717) is 4.83 Å². The van der Waals surface area contributed by atoms with Crippen molar-refractivity contribution in [3.63, 3.8) is 0 Å². The van der Waals surface area contributed by atoms with Gasteiger partial charge in [-0.25, -0.2) is 4.79 Å². The van der Waals surface area contributed by atoms with Crippen LogP contribution in [0.2, 0.25) is 0 Å². The molecule has 0 saturated carbocycles. The SMILES string of the molecule is O=C1OC2CN1CCC2Br. The highest BCUT2D eigenvalue weighted by Gasteiger charge is 2.39. The van der Waals surface area contributed by atoms with Crippen LogP contribution in [0, 0.1) is 0 Å². The molecule has 0 radical (unpaired) electrons. The lowest BCUT2D eigenvalue weighted by molar-refractivity contribution is 0.139. The highest BCUT2D eigenvalue weighted by Crippen LogP contribution is 2.26. The summed E-state index contributed by atoms with van der Waals surface area (Å²) in [5, 5.41) is 0. The van der Waals surface area contributed by atoms with Crippen LogP contribution in [0.4, 0.5) is 4.79 Å². The Hall–Kier alpha value is -0.250. The van der Waals surface area contributed by atoms with E-state index in [-0.39, 0.29) is 12.2 Å². The van der Waals surface area contributed by atoms with E-state index in [1.165, 1.54) is 0 Å². The molecule has 0 aromatic carbocycles. The second-order valence-corrected chi connectivity index (χ2v) is 3.85. The van der Waals surface area contributed by atoms with Crippen molar-refractivity contribution in [3.8, 4) is 0 Å². The number of amides is 1. The van der Waals surface area contributed by atoms with Crippen LogP contribution in [-0.4, -0.2) is 35.0 Å². The van der Waals surface area contributed by atoms with Gasteiger partial charge in [0.05, 0.1) is 11.4 Å². The van der Waals surface area contributed by atoms with Crippen LogP contribution in [0.1, 0.15) is 6.42 Å². The summed E-state index contributed by atoms with van der Waals surface area (Å²) in [5.41, 5.74) is 0. The van der Waals surface area contributed by atoms with E-state index in [4.69, 9.17) is 4.74 Å². The summed E-state index contributed by atoms with van der Waals surface area (Å²) in [6, 6.07) is 0. The topological polar surface area (TPSA) is 29.5 Å². The summed E-state index contributed by atoms with van der Waals surface area (Å²) in [7, 11) is 0. The molecule has 0 aliphatic carbocycles. The van der Waals surface area contributed by atoms with Crippen LogP contribution in [0.5, 0.6) is 0 Å². The van der Waals surface area contributed by atoms with E-state index >= 15 is 0 Å². The van der Waals surface area contributed by atoms with Crippen LogP contribution >= 0.6 is 15.9 Å². The molecule has 2 aliphatic rings. The smallest absolute Gasteiger partial charge is 0.410 e. The summed E-state index contributed by atoms with van der Waals surface area (Å²) < 4.78 is 5.04. The molecule has 2 aliphatic heterocycles. The summed E-state index contributed by atoms with van der Waals surface area (Å²) >= 11 is 3.47. The predicted molar refractivity (Wildman–Crippen MR) is 39.2 cm³/mol.